The van der Waals surface area contributed by atoms with Gasteiger partial charge in [0.1, 0.15) is 5.69 Å². The average molecular weight is 225 g/mol. The molecule has 15 heavy (non-hydrogen) atoms. The number of thiazole rings is 1. The van der Waals surface area contributed by atoms with E-state index >= 15 is 0 Å². The van der Waals surface area contributed by atoms with Gasteiger partial charge in [-0.1, -0.05) is 0 Å². The lowest BCUT2D eigenvalue weighted by molar-refractivity contribution is 0.0752. The summed E-state index contributed by atoms with van der Waals surface area (Å²) in [5, 5.41) is 2.19. The Morgan fingerprint density at radius 1 is 1.73 bits per heavy atom. The van der Waals surface area contributed by atoms with E-state index in [1.54, 1.807) is 5.38 Å². The van der Waals surface area contributed by atoms with E-state index in [4.69, 9.17) is 5.73 Å². The van der Waals surface area contributed by atoms with Gasteiger partial charge in [-0.15, -0.1) is 11.3 Å². The second-order valence-corrected chi connectivity index (χ2v) is 4.75. The molecule has 0 aromatic carbocycles. The predicted molar refractivity (Wildman–Crippen MR) is 60.8 cm³/mol. The minimum atomic E-state index is 0.0114. The topological polar surface area (TPSA) is 59.2 Å². The van der Waals surface area contributed by atoms with E-state index in [2.05, 4.69) is 4.98 Å². The van der Waals surface area contributed by atoms with Crippen LogP contribution in [-0.4, -0.2) is 28.9 Å². The second-order valence-electron chi connectivity index (χ2n) is 3.86. The zero-order valence-corrected chi connectivity index (χ0v) is 9.59. The van der Waals surface area contributed by atoms with E-state index in [1.807, 2.05) is 11.8 Å². The quantitative estimate of drug-likeness (QED) is 0.846. The van der Waals surface area contributed by atoms with Crippen LogP contribution in [0.25, 0.3) is 0 Å². The number of hydrogen-bond donors (Lipinski definition) is 1. The first-order valence-electron chi connectivity index (χ1n) is 5.21. The van der Waals surface area contributed by atoms with Crippen molar-refractivity contribution in [1.29, 1.82) is 0 Å². The number of anilines is 1. The molecular weight excluding hydrogens is 210 g/mol. The zero-order chi connectivity index (χ0) is 10.8. The summed E-state index contributed by atoms with van der Waals surface area (Å²) < 4.78 is 0. The zero-order valence-electron chi connectivity index (χ0n) is 8.77. The van der Waals surface area contributed by atoms with Crippen molar-refractivity contribution >= 4 is 22.4 Å². The normalized spacial score (nSPS) is 15.3. The summed E-state index contributed by atoms with van der Waals surface area (Å²) in [6, 6.07) is 0. The Hall–Kier alpha value is -1.10. The van der Waals surface area contributed by atoms with Gasteiger partial charge in [-0.3, -0.25) is 4.79 Å². The Bertz CT molecular complexity index is 359. The maximum absolute atomic E-state index is 12.0. The molecule has 1 aromatic heterocycles. The Labute approximate surface area is 93.1 Å². The Morgan fingerprint density at radius 2 is 2.47 bits per heavy atom. The summed E-state index contributed by atoms with van der Waals surface area (Å²) in [6.45, 7) is 3.61. The van der Waals surface area contributed by atoms with Crippen molar-refractivity contribution in [2.24, 2.45) is 5.92 Å². The number of nitrogens with zero attached hydrogens (tertiary/aromatic N) is 2. The molecule has 1 aliphatic carbocycles. The van der Waals surface area contributed by atoms with Crippen LogP contribution in [0.2, 0.25) is 0 Å². The molecule has 2 N–H and O–H groups in total. The summed E-state index contributed by atoms with van der Waals surface area (Å²) >= 11 is 1.31. The minimum Gasteiger partial charge on any atom is -0.375 e. The van der Waals surface area contributed by atoms with Gasteiger partial charge in [0.25, 0.3) is 5.91 Å². The minimum absolute atomic E-state index is 0.0114. The van der Waals surface area contributed by atoms with E-state index in [0.717, 1.165) is 13.1 Å². The van der Waals surface area contributed by atoms with Gasteiger partial charge in [-0.05, 0) is 25.7 Å². The van der Waals surface area contributed by atoms with Crippen LogP contribution in [0.1, 0.15) is 30.3 Å². The average Bonchev–Trinajstić information content (AvgIpc) is 2.95. The first-order chi connectivity index (χ1) is 7.20. The molecule has 0 spiro atoms. The molecule has 0 atom stereocenters. The molecule has 1 aromatic rings. The van der Waals surface area contributed by atoms with E-state index in [9.17, 15) is 4.79 Å². The molecule has 2 rings (SSSR count). The number of nitrogen functional groups attached to an aromatic ring is 1. The fourth-order valence-electron chi connectivity index (χ4n) is 1.52. The highest BCUT2D eigenvalue weighted by atomic mass is 32.1. The van der Waals surface area contributed by atoms with Crippen LogP contribution in [-0.2, 0) is 0 Å². The van der Waals surface area contributed by atoms with Crippen molar-refractivity contribution in [2.45, 2.75) is 19.8 Å². The number of amides is 1. The van der Waals surface area contributed by atoms with Gasteiger partial charge in [-0.25, -0.2) is 4.98 Å². The highest BCUT2D eigenvalue weighted by Crippen LogP contribution is 2.30. The van der Waals surface area contributed by atoms with E-state index in [-0.39, 0.29) is 5.91 Å². The van der Waals surface area contributed by atoms with E-state index in [0.29, 0.717) is 16.7 Å². The van der Waals surface area contributed by atoms with E-state index in [1.165, 1.54) is 24.2 Å². The van der Waals surface area contributed by atoms with Crippen LogP contribution in [0.15, 0.2) is 5.38 Å². The van der Waals surface area contributed by atoms with Crippen LogP contribution in [0.3, 0.4) is 0 Å². The lowest BCUT2D eigenvalue weighted by Gasteiger charge is -2.19. The van der Waals surface area contributed by atoms with Crippen molar-refractivity contribution in [3.63, 3.8) is 0 Å². The molecule has 5 heteroatoms. The fourth-order valence-corrected chi connectivity index (χ4v) is 2.05. The van der Waals surface area contributed by atoms with Gasteiger partial charge in [0.2, 0.25) is 0 Å². The van der Waals surface area contributed by atoms with Gasteiger partial charge in [0.15, 0.2) is 5.13 Å². The SMILES string of the molecule is CCN(CC1CC1)C(=O)c1csc(N)n1. The molecule has 0 aliphatic heterocycles. The van der Waals surface area contributed by atoms with Crippen molar-refractivity contribution in [3.8, 4) is 0 Å². The number of rotatable bonds is 4. The number of carbonyl (C=O) groups excluding carboxylic acids is 1. The highest BCUT2D eigenvalue weighted by molar-refractivity contribution is 7.13. The van der Waals surface area contributed by atoms with Gasteiger partial charge < -0.3 is 10.6 Å². The highest BCUT2D eigenvalue weighted by Gasteiger charge is 2.27. The van der Waals surface area contributed by atoms with E-state index < -0.39 is 0 Å². The third-order valence-corrected chi connectivity index (χ3v) is 3.26. The van der Waals surface area contributed by atoms with Crippen molar-refractivity contribution in [1.82, 2.24) is 9.88 Å². The summed E-state index contributed by atoms with van der Waals surface area (Å²) in [5.74, 6) is 0.724. The van der Waals surface area contributed by atoms with Crippen molar-refractivity contribution in [2.75, 3.05) is 18.8 Å². The molecular formula is C10H15N3OS. The number of hydrogen-bond acceptors (Lipinski definition) is 4. The third-order valence-electron chi connectivity index (χ3n) is 2.59. The first-order valence-corrected chi connectivity index (χ1v) is 6.09. The monoisotopic (exact) mass is 225 g/mol. The van der Waals surface area contributed by atoms with Crippen LogP contribution < -0.4 is 5.73 Å². The van der Waals surface area contributed by atoms with Crippen LogP contribution in [0, 0.1) is 5.92 Å². The summed E-state index contributed by atoms with van der Waals surface area (Å²) in [5.41, 5.74) is 5.99. The molecule has 4 nitrogen and oxygen atoms in total. The van der Waals surface area contributed by atoms with Crippen LogP contribution >= 0.6 is 11.3 Å². The van der Waals surface area contributed by atoms with Gasteiger partial charge in [0, 0.05) is 18.5 Å². The molecule has 1 heterocycles. The predicted octanol–water partition coefficient (Wildman–Crippen LogP) is 1.60. The lowest BCUT2D eigenvalue weighted by Crippen LogP contribution is -2.32. The molecule has 1 aliphatic rings. The van der Waals surface area contributed by atoms with Crippen LogP contribution in [0.4, 0.5) is 5.13 Å². The molecule has 0 radical (unpaired) electrons. The lowest BCUT2D eigenvalue weighted by atomic mass is 10.3. The smallest absolute Gasteiger partial charge is 0.273 e. The maximum Gasteiger partial charge on any atom is 0.273 e. The molecule has 0 saturated heterocycles. The summed E-state index contributed by atoms with van der Waals surface area (Å²) in [7, 11) is 0. The Morgan fingerprint density at radius 3 is 2.93 bits per heavy atom. The standard InChI is InChI=1S/C10H15N3OS/c1-2-13(5-7-3-4-7)9(14)8-6-15-10(11)12-8/h6-7H,2-5H2,1H3,(H2,11,12). The number of aromatic nitrogens is 1. The summed E-state index contributed by atoms with van der Waals surface area (Å²) in [4.78, 5) is 17.8. The summed E-state index contributed by atoms with van der Waals surface area (Å²) in [6.07, 6.45) is 2.51. The van der Waals surface area contributed by atoms with Crippen molar-refractivity contribution < 1.29 is 4.79 Å². The third kappa shape index (κ3) is 2.47. The molecule has 82 valence electrons. The molecule has 1 saturated carbocycles. The fraction of sp³-hybridized carbons (Fsp3) is 0.600. The first kappa shape index (κ1) is 10.4. The molecule has 0 bridgehead atoms. The molecule has 1 fully saturated rings. The Kier molecular flexibility index (Phi) is 2.90. The van der Waals surface area contributed by atoms with Gasteiger partial charge >= 0.3 is 0 Å². The van der Waals surface area contributed by atoms with Gasteiger partial charge in [0.05, 0.1) is 0 Å². The molecule has 1 amide bonds. The van der Waals surface area contributed by atoms with Crippen LogP contribution in [0.5, 0.6) is 0 Å². The Balaban J connectivity index is 2.03. The number of carbonyl (C=O) groups is 1. The largest absolute Gasteiger partial charge is 0.375 e. The molecule has 0 unspecified atom stereocenters. The maximum atomic E-state index is 12.0. The van der Waals surface area contributed by atoms with Gasteiger partial charge in [-0.2, -0.15) is 0 Å². The second kappa shape index (κ2) is 4.18. The van der Waals surface area contributed by atoms with Crippen molar-refractivity contribution in [3.05, 3.63) is 11.1 Å². The number of nitrogens with two attached hydrogens (primary N) is 1.